The minimum atomic E-state index is -0.461. The van der Waals surface area contributed by atoms with Crippen molar-refractivity contribution in [3.05, 3.63) is 47.0 Å². The van der Waals surface area contributed by atoms with Crippen molar-refractivity contribution in [1.29, 1.82) is 0 Å². The molecule has 130 valence electrons. The first-order valence-corrected chi connectivity index (χ1v) is 7.56. The normalized spacial score (nSPS) is 10.9. The lowest BCUT2D eigenvalue weighted by molar-refractivity contribution is -0.384. The van der Waals surface area contributed by atoms with Crippen molar-refractivity contribution < 1.29 is 14.8 Å². The predicted octanol–water partition coefficient (Wildman–Crippen LogP) is 1.14. The molecule has 0 bridgehead atoms. The van der Waals surface area contributed by atoms with Crippen LogP contribution in [0.25, 0.3) is 16.9 Å². The summed E-state index contributed by atoms with van der Waals surface area (Å²) in [6.07, 6.45) is 4.89. The van der Waals surface area contributed by atoms with E-state index in [0.29, 0.717) is 35.8 Å². The van der Waals surface area contributed by atoms with Crippen LogP contribution in [0.3, 0.4) is 0 Å². The molecule has 3 aromatic rings. The molecule has 0 saturated carbocycles. The van der Waals surface area contributed by atoms with Gasteiger partial charge in [0.05, 0.1) is 30.3 Å². The molecule has 0 aliphatic carbocycles. The van der Waals surface area contributed by atoms with E-state index in [1.165, 1.54) is 12.1 Å². The number of aliphatic hydroxyl groups excluding tert-OH is 1. The summed E-state index contributed by atoms with van der Waals surface area (Å²) in [4.78, 5) is 23.4. The zero-order valence-corrected chi connectivity index (χ0v) is 13.2. The fourth-order valence-electron chi connectivity index (χ4n) is 2.25. The lowest BCUT2D eigenvalue weighted by atomic mass is 10.2. The first-order chi connectivity index (χ1) is 12.2. The van der Waals surface area contributed by atoms with Crippen molar-refractivity contribution in [3.8, 4) is 5.95 Å². The first-order valence-electron chi connectivity index (χ1n) is 7.56. The molecule has 0 unspecified atom stereocenters. The lowest BCUT2D eigenvalue weighted by Gasteiger charge is -2.11. The monoisotopic (exact) mass is 344 g/mol. The number of nitro benzene ring substituents is 1. The molecule has 2 heterocycles. The summed E-state index contributed by atoms with van der Waals surface area (Å²) in [6.45, 7) is 0.991. The predicted molar refractivity (Wildman–Crippen MR) is 89.7 cm³/mol. The van der Waals surface area contributed by atoms with E-state index < -0.39 is 4.92 Å². The Kier molecular flexibility index (Phi) is 5.11. The summed E-state index contributed by atoms with van der Waals surface area (Å²) in [5.74, 6) is 0.864. The Labute approximate surface area is 142 Å². The molecule has 0 fully saturated rings. The second kappa shape index (κ2) is 7.64. The second-order valence-corrected chi connectivity index (χ2v) is 5.06. The van der Waals surface area contributed by atoms with Crippen LogP contribution in [-0.2, 0) is 4.74 Å². The van der Waals surface area contributed by atoms with E-state index in [9.17, 15) is 10.1 Å². The van der Waals surface area contributed by atoms with Gasteiger partial charge in [0.2, 0.25) is 5.95 Å². The number of rotatable bonds is 8. The quantitative estimate of drug-likeness (QED) is 0.354. The van der Waals surface area contributed by atoms with Gasteiger partial charge in [-0.1, -0.05) is 0 Å². The second-order valence-electron chi connectivity index (χ2n) is 5.06. The lowest BCUT2D eigenvalue weighted by Crippen LogP contribution is -2.13. The molecule has 0 atom stereocenters. The molecular weight excluding hydrogens is 328 g/mol. The van der Waals surface area contributed by atoms with E-state index in [-0.39, 0.29) is 18.9 Å². The van der Waals surface area contributed by atoms with Crippen LogP contribution < -0.4 is 5.32 Å². The number of non-ortho nitro benzene ring substituents is 1. The number of ether oxygens (including phenoxy) is 1. The summed E-state index contributed by atoms with van der Waals surface area (Å²) in [5, 5.41) is 23.4. The zero-order valence-electron chi connectivity index (χ0n) is 13.2. The standard InChI is InChI=1S/C15H16N6O4/c22-6-8-25-7-4-17-14-12-9-11(21(23)24)1-2-13(12)18-15(19-14)20-5-3-16-10-20/h1-3,5,9-10,22H,4,6-8H2,(H,17,18,19). The summed E-state index contributed by atoms with van der Waals surface area (Å²) < 4.78 is 6.85. The topological polar surface area (TPSA) is 128 Å². The van der Waals surface area contributed by atoms with Crippen LogP contribution in [0, 0.1) is 10.1 Å². The highest BCUT2D eigenvalue weighted by Gasteiger charge is 2.13. The van der Waals surface area contributed by atoms with Gasteiger partial charge in [0, 0.05) is 36.5 Å². The Bertz CT molecular complexity index is 868. The smallest absolute Gasteiger partial charge is 0.270 e. The third-order valence-electron chi connectivity index (χ3n) is 3.39. The summed E-state index contributed by atoms with van der Waals surface area (Å²) >= 11 is 0. The Morgan fingerprint density at radius 3 is 2.92 bits per heavy atom. The van der Waals surface area contributed by atoms with Crippen molar-refractivity contribution in [2.45, 2.75) is 0 Å². The number of hydrogen-bond acceptors (Lipinski definition) is 8. The SMILES string of the molecule is O=[N+]([O-])c1ccc2nc(-n3ccnc3)nc(NCCOCCO)c2c1. The highest BCUT2D eigenvalue weighted by atomic mass is 16.6. The number of hydrogen-bond donors (Lipinski definition) is 2. The molecule has 0 spiro atoms. The number of aliphatic hydroxyl groups is 1. The molecule has 3 rings (SSSR count). The van der Waals surface area contributed by atoms with Gasteiger partial charge in [0.1, 0.15) is 12.1 Å². The molecule has 0 aliphatic heterocycles. The van der Waals surface area contributed by atoms with Gasteiger partial charge in [-0.15, -0.1) is 0 Å². The molecule has 2 N–H and O–H groups in total. The number of benzene rings is 1. The number of nitrogens with one attached hydrogen (secondary N) is 1. The van der Waals surface area contributed by atoms with Crippen LogP contribution in [0.2, 0.25) is 0 Å². The van der Waals surface area contributed by atoms with E-state index in [1.807, 2.05) is 0 Å². The molecule has 0 amide bonds. The number of aromatic nitrogens is 4. The van der Waals surface area contributed by atoms with E-state index in [4.69, 9.17) is 9.84 Å². The molecule has 1 aromatic carbocycles. The number of anilines is 1. The summed E-state index contributed by atoms with van der Waals surface area (Å²) in [6, 6.07) is 4.42. The number of fused-ring (bicyclic) bond motifs is 1. The molecule has 25 heavy (non-hydrogen) atoms. The van der Waals surface area contributed by atoms with Gasteiger partial charge in [0.15, 0.2) is 0 Å². The highest BCUT2D eigenvalue weighted by molar-refractivity contribution is 5.91. The molecular formula is C15H16N6O4. The van der Waals surface area contributed by atoms with Crippen molar-refractivity contribution in [1.82, 2.24) is 19.5 Å². The molecule has 2 aromatic heterocycles. The fraction of sp³-hybridized carbons (Fsp3) is 0.267. The highest BCUT2D eigenvalue weighted by Crippen LogP contribution is 2.26. The van der Waals surface area contributed by atoms with Crippen LogP contribution in [0.5, 0.6) is 0 Å². The largest absolute Gasteiger partial charge is 0.394 e. The fourth-order valence-corrected chi connectivity index (χ4v) is 2.25. The van der Waals surface area contributed by atoms with Crippen molar-refractivity contribution >= 4 is 22.4 Å². The number of nitrogens with zero attached hydrogens (tertiary/aromatic N) is 5. The Morgan fingerprint density at radius 2 is 2.20 bits per heavy atom. The van der Waals surface area contributed by atoms with Gasteiger partial charge in [-0.05, 0) is 6.07 Å². The Balaban J connectivity index is 1.96. The van der Waals surface area contributed by atoms with Crippen LogP contribution in [0.4, 0.5) is 11.5 Å². The van der Waals surface area contributed by atoms with Crippen LogP contribution in [0.1, 0.15) is 0 Å². The van der Waals surface area contributed by atoms with Crippen LogP contribution in [-0.4, -0.2) is 55.9 Å². The zero-order chi connectivity index (χ0) is 17.6. The van der Waals surface area contributed by atoms with E-state index in [0.717, 1.165) is 0 Å². The van der Waals surface area contributed by atoms with Crippen LogP contribution in [0.15, 0.2) is 36.9 Å². The number of imidazole rings is 1. The Morgan fingerprint density at radius 1 is 1.32 bits per heavy atom. The van der Waals surface area contributed by atoms with E-state index >= 15 is 0 Å². The summed E-state index contributed by atoms with van der Waals surface area (Å²) in [7, 11) is 0. The average Bonchev–Trinajstić information content (AvgIpc) is 3.15. The number of nitro groups is 1. The summed E-state index contributed by atoms with van der Waals surface area (Å²) in [5.41, 5.74) is 0.536. The molecule has 0 saturated heterocycles. The third kappa shape index (κ3) is 3.87. The van der Waals surface area contributed by atoms with Gasteiger partial charge in [0.25, 0.3) is 5.69 Å². The third-order valence-corrected chi connectivity index (χ3v) is 3.39. The van der Waals surface area contributed by atoms with Gasteiger partial charge >= 0.3 is 0 Å². The van der Waals surface area contributed by atoms with Crippen molar-refractivity contribution in [3.63, 3.8) is 0 Å². The molecule has 10 heteroatoms. The molecule has 0 aliphatic rings. The van der Waals surface area contributed by atoms with Gasteiger partial charge in [-0.2, -0.15) is 4.98 Å². The van der Waals surface area contributed by atoms with Gasteiger partial charge < -0.3 is 15.2 Å². The van der Waals surface area contributed by atoms with Gasteiger partial charge in [-0.25, -0.2) is 9.97 Å². The molecule has 0 radical (unpaired) electrons. The maximum atomic E-state index is 11.0. The maximum Gasteiger partial charge on any atom is 0.270 e. The molecule has 10 nitrogen and oxygen atoms in total. The van der Waals surface area contributed by atoms with Gasteiger partial charge in [-0.3, -0.25) is 14.7 Å². The van der Waals surface area contributed by atoms with Crippen molar-refractivity contribution in [2.24, 2.45) is 0 Å². The Hall–Kier alpha value is -3.11. The minimum absolute atomic E-state index is 0.0361. The average molecular weight is 344 g/mol. The van der Waals surface area contributed by atoms with Crippen molar-refractivity contribution in [2.75, 3.05) is 31.7 Å². The van der Waals surface area contributed by atoms with Crippen LogP contribution >= 0.6 is 0 Å². The minimum Gasteiger partial charge on any atom is -0.394 e. The van der Waals surface area contributed by atoms with E-state index in [1.54, 1.807) is 29.4 Å². The first kappa shape index (κ1) is 16.7. The van der Waals surface area contributed by atoms with E-state index in [2.05, 4.69) is 20.3 Å². The maximum absolute atomic E-state index is 11.0.